The molecule has 0 fully saturated rings. The van der Waals surface area contributed by atoms with E-state index in [0.29, 0.717) is 12.3 Å². The fourth-order valence-electron chi connectivity index (χ4n) is 0.399. The normalized spacial score (nSPS) is 8.75. The molecule has 8 heavy (non-hydrogen) atoms. The minimum atomic E-state index is 0.121. The van der Waals surface area contributed by atoms with Crippen molar-refractivity contribution >= 4 is 17.4 Å². The van der Waals surface area contributed by atoms with Crippen LogP contribution in [0.2, 0.25) is 0 Å². The first kappa shape index (κ1) is 7.70. The Morgan fingerprint density at radius 3 is 2.38 bits per heavy atom. The summed E-state index contributed by atoms with van der Waals surface area (Å²) in [6, 6.07) is 0. The molecule has 0 rings (SSSR count). The number of hydrogen-bond acceptors (Lipinski definition) is 1. The predicted molar refractivity (Wildman–Crippen MR) is 35.2 cm³/mol. The maximum atomic E-state index is 10.3. The molecule has 0 spiro atoms. The van der Waals surface area contributed by atoms with E-state index in [-0.39, 0.29) is 5.78 Å². The van der Waals surface area contributed by atoms with Crippen LogP contribution in [0.1, 0.15) is 13.3 Å². The lowest BCUT2D eigenvalue weighted by Crippen LogP contribution is -1.92. The zero-order valence-electron chi connectivity index (χ0n) is 4.91. The molecule has 0 aliphatic rings. The molecule has 0 aliphatic carbocycles. The summed E-state index contributed by atoms with van der Waals surface area (Å²) in [5.41, 5.74) is 0.791. The Hall–Kier alpha value is -0.300. The van der Waals surface area contributed by atoms with Crippen molar-refractivity contribution in [2.75, 3.05) is 5.88 Å². The first-order valence-electron chi connectivity index (χ1n) is 2.39. The van der Waals surface area contributed by atoms with Gasteiger partial charge in [-0.25, -0.2) is 0 Å². The molecule has 0 unspecified atom stereocenters. The van der Waals surface area contributed by atoms with Gasteiger partial charge in [-0.15, -0.1) is 11.6 Å². The topological polar surface area (TPSA) is 17.1 Å². The zero-order chi connectivity index (χ0) is 6.57. The van der Waals surface area contributed by atoms with Gasteiger partial charge in [0.05, 0.1) is 0 Å². The Labute approximate surface area is 54.3 Å². The molecule has 46 valence electrons. The van der Waals surface area contributed by atoms with Crippen molar-refractivity contribution in [2.45, 2.75) is 13.3 Å². The summed E-state index contributed by atoms with van der Waals surface area (Å²) in [4.78, 5) is 10.3. The van der Waals surface area contributed by atoms with Crippen LogP contribution in [0, 0.1) is 0 Å². The molecular formula is C6H9ClO. The lowest BCUT2D eigenvalue weighted by molar-refractivity contribution is -0.116. The second-order valence-corrected chi connectivity index (χ2v) is 2.03. The lowest BCUT2D eigenvalue weighted by atomic mass is 10.2. The van der Waals surface area contributed by atoms with E-state index >= 15 is 0 Å². The maximum absolute atomic E-state index is 10.3. The molecule has 0 radical (unpaired) electrons. The van der Waals surface area contributed by atoms with Crippen LogP contribution >= 0.6 is 11.6 Å². The highest BCUT2D eigenvalue weighted by Gasteiger charge is 1.94. The van der Waals surface area contributed by atoms with E-state index in [4.69, 9.17) is 11.6 Å². The smallest absolute Gasteiger partial charge is 0.133 e. The molecule has 0 N–H and O–H groups in total. The Morgan fingerprint density at radius 1 is 1.75 bits per heavy atom. The Bertz CT molecular complexity index is 107. The second-order valence-electron chi connectivity index (χ2n) is 1.76. The van der Waals surface area contributed by atoms with Gasteiger partial charge in [-0.3, -0.25) is 4.79 Å². The van der Waals surface area contributed by atoms with Gasteiger partial charge in [0.25, 0.3) is 0 Å². The second kappa shape index (κ2) is 3.67. The number of carbonyl (C=O) groups excluding carboxylic acids is 1. The summed E-state index contributed by atoms with van der Waals surface area (Å²) in [5.74, 6) is 0.509. The molecule has 0 aromatic carbocycles. The van der Waals surface area contributed by atoms with Gasteiger partial charge in [0.2, 0.25) is 0 Å². The van der Waals surface area contributed by atoms with Crippen molar-refractivity contribution in [2.24, 2.45) is 0 Å². The summed E-state index contributed by atoms with van der Waals surface area (Å²) in [6.07, 6.45) is 0.420. The molecule has 0 bridgehead atoms. The molecule has 0 aromatic rings. The maximum Gasteiger partial charge on any atom is 0.133 e. The van der Waals surface area contributed by atoms with Gasteiger partial charge in [0, 0.05) is 12.3 Å². The van der Waals surface area contributed by atoms with Crippen molar-refractivity contribution in [3.05, 3.63) is 12.2 Å². The van der Waals surface area contributed by atoms with Gasteiger partial charge in [0.15, 0.2) is 0 Å². The van der Waals surface area contributed by atoms with E-state index in [1.807, 2.05) is 0 Å². The monoisotopic (exact) mass is 132 g/mol. The predicted octanol–water partition coefficient (Wildman–Crippen LogP) is 1.76. The number of ketones is 1. The summed E-state index contributed by atoms with van der Waals surface area (Å²) >= 11 is 5.34. The molecule has 0 amide bonds. The molecule has 0 aliphatic heterocycles. The van der Waals surface area contributed by atoms with Crippen LogP contribution in [-0.2, 0) is 4.79 Å². The van der Waals surface area contributed by atoms with Crippen molar-refractivity contribution in [3.8, 4) is 0 Å². The van der Waals surface area contributed by atoms with Crippen molar-refractivity contribution in [1.82, 2.24) is 0 Å². The van der Waals surface area contributed by atoms with Crippen LogP contribution in [0.25, 0.3) is 0 Å². The quantitative estimate of drug-likeness (QED) is 0.423. The van der Waals surface area contributed by atoms with Gasteiger partial charge < -0.3 is 0 Å². The number of carbonyl (C=O) groups is 1. The van der Waals surface area contributed by atoms with Crippen LogP contribution in [-0.4, -0.2) is 11.7 Å². The third-order valence-corrected chi connectivity index (χ3v) is 1.07. The van der Waals surface area contributed by atoms with Crippen LogP contribution in [0.3, 0.4) is 0 Å². The molecule has 0 aromatic heterocycles. The Balaban J connectivity index is 3.40. The lowest BCUT2D eigenvalue weighted by Gasteiger charge is -1.92. The standard InChI is InChI=1S/C6H9ClO/c1-5(4-7)3-6(2)8/h1,3-4H2,2H3. The third kappa shape index (κ3) is 3.88. The van der Waals surface area contributed by atoms with E-state index in [0.717, 1.165) is 5.57 Å². The minimum absolute atomic E-state index is 0.121. The fraction of sp³-hybridized carbons (Fsp3) is 0.500. The molecular weight excluding hydrogens is 124 g/mol. The van der Waals surface area contributed by atoms with Crippen molar-refractivity contribution < 1.29 is 4.79 Å². The molecule has 0 saturated heterocycles. The van der Waals surface area contributed by atoms with E-state index in [9.17, 15) is 4.79 Å². The van der Waals surface area contributed by atoms with Gasteiger partial charge in [0.1, 0.15) is 5.78 Å². The van der Waals surface area contributed by atoms with Gasteiger partial charge in [-0.1, -0.05) is 12.2 Å². The van der Waals surface area contributed by atoms with Crippen LogP contribution in [0.4, 0.5) is 0 Å². The van der Waals surface area contributed by atoms with Crippen LogP contribution in [0.5, 0.6) is 0 Å². The fourth-order valence-corrected chi connectivity index (χ4v) is 0.494. The van der Waals surface area contributed by atoms with Gasteiger partial charge in [-0.2, -0.15) is 0 Å². The molecule has 0 atom stereocenters. The Kier molecular flexibility index (Phi) is 3.53. The number of alkyl halides is 1. The number of rotatable bonds is 3. The number of hydrogen-bond donors (Lipinski definition) is 0. The SMILES string of the molecule is C=C(CCl)CC(C)=O. The zero-order valence-corrected chi connectivity index (χ0v) is 5.66. The van der Waals surface area contributed by atoms with E-state index in [1.54, 1.807) is 0 Å². The third-order valence-electron chi connectivity index (χ3n) is 0.688. The molecule has 0 heterocycles. The summed E-state index contributed by atoms with van der Waals surface area (Å²) in [5, 5.41) is 0. The highest BCUT2D eigenvalue weighted by Crippen LogP contribution is 1.99. The van der Waals surface area contributed by atoms with Crippen LogP contribution in [0.15, 0.2) is 12.2 Å². The number of halogens is 1. The van der Waals surface area contributed by atoms with Crippen LogP contribution < -0.4 is 0 Å². The first-order valence-corrected chi connectivity index (χ1v) is 2.92. The number of Topliss-reactive ketones (excluding diaryl/α,β-unsaturated/α-hetero) is 1. The summed E-state index contributed by atoms with van der Waals surface area (Å²) in [7, 11) is 0. The van der Waals surface area contributed by atoms with Crippen molar-refractivity contribution in [1.29, 1.82) is 0 Å². The largest absolute Gasteiger partial charge is 0.300 e. The average molecular weight is 133 g/mol. The van der Waals surface area contributed by atoms with Gasteiger partial charge >= 0.3 is 0 Å². The summed E-state index contributed by atoms with van der Waals surface area (Å²) < 4.78 is 0. The highest BCUT2D eigenvalue weighted by molar-refractivity contribution is 6.19. The number of allylic oxidation sites excluding steroid dienone is 1. The summed E-state index contributed by atoms with van der Waals surface area (Å²) in [6.45, 7) is 5.09. The average Bonchev–Trinajstić information content (AvgIpc) is 1.65. The van der Waals surface area contributed by atoms with Gasteiger partial charge in [-0.05, 0) is 6.92 Å². The Morgan fingerprint density at radius 2 is 2.25 bits per heavy atom. The molecule has 0 saturated carbocycles. The molecule has 2 heteroatoms. The first-order chi connectivity index (χ1) is 3.66. The van der Waals surface area contributed by atoms with E-state index < -0.39 is 0 Å². The van der Waals surface area contributed by atoms with E-state index in [1.165, 1.54) is 6.92 Å². The molecule has 1 nitrogen and oxygen atoms in total. The highest BCUT2D eigenvalue weighted by atomic mass is 35.5. The van der Waals surface area contributed by atoms with E-state index in [2.05, 4.69) is 6.58 Å². The van der Waals surface area contributed by atoms with Crippen molar-refractivity contribution in [3.63, 3.8) is 0 Å². The minimum Gasteiger partial charge on any atom is -0.300 e.